The van der Waals surface area contributed by atoms with Crippen LogP contribution in [0.1, 0.15) is 33.6 Å². The topological polar surface area (TPSA) is 49.7 Å². The van der Waals surface area contributed by atoms with Crippen LogP contribution in [0, 0.1) is 5.92 Å². The summed E-state index contributed by atoms with van der Waals surface area (Å²) in [6, 6.07) is 0. The second-order valence-electron chi connectivity index (χ2n) is 6.54. The van der Waals surface area contributed by atoms with E-state index in [9.17, 15) is 10.2 Å². The Labute approximate surface area is 100.0 Å². The zero-order chi connectivity index (χ0) is 12.6. The molecule has 1 aliphatic carbocycles. The molecule has 0 bridgehead atoms. The second kappa shape index (κ2) is 4.76. The van der Waals surface area contributed by atoms with Gasteiger partial charge in [-0.1, -0.05) is 20.8 Å². The Kier molecular flexibility index (Phi) is 4.22. The minimum absolute atomic E-state index is 0.225. The lowest BCUT2D eigenvalue weighted by atomic mass is 10.1. The van der Waals surface area contributed by atoms with Crippen molar-refractivity contribution < 1.29 is 14.6 Å². The summed E-state index contributed by atoms with van der Waals surface area (Å²) in [6.07, 6.45) is 0.256. The van der Waals surface area contributed by atoms with Crippen molar-refractivity contribution in [3.05, 3.63) is 0 Å². The minimum Gasteiger partial charge on any atom is -0.417 e. The van der Waals surface area contributed by atoms with Crippen LogP contribution in [-0.4, -0.2) is 37.3 Å². The summed E-state index contributed by atoms with van der Waals surface area (Å²) in [6.45, 7) is 11.8. The van der Waals surface area contributed by atoms with Gasteiger partial charge in [-0.3, -0.25) is 0 Å². The summed E-state index contributed by atoms with van der Waals surface area (Å²) in [4.78, 5) is 0. The van der Waals surface area contributed by atoms with Gasteiger partial charge in [-0.05, 0) is 36.9 Å². The van der Waals surface area contributed by atoms with Crippen LogP contribution >= 0.6 is 0 Å². The monoisotopic (exact) mass is 246 g/mol. The fourth-order valence-corrected chi connectivity index (χ4v) is 2.86. The molecule has 0 aromatic carbocycles. The summed E-state index contributed by atoms with van der Waals surface area (Å²) in [5.41, 5.74) is 0. The molecule has 4 heteroatoms. The first kappa shape index (κ1) is 14.2. The van der Waals surface area contributed by atoms with E-state index in [2.05, 4.69) is 33.9 Å². The number of aliphatic hydroxyl groups excluding tert-OH is 2. The Morgan fingerprint density at radius 3 is 1.94 bits per heavy atom. The SMILES string of the molecule is CC(C)(C)[Si](C)(C)OCC1C[C@@H](O)[C@@H](O)C1. The van der Waals surface area contributed by atoms with Crippen molar-refractivity contribution in [1.82, 2.24) is 0 Å². The van der Waals surface area contributed by atoms with E-state index < -0.39 is 20.5 Å². The Bertz CT molecular complexity index is 225. The highest BCUT2D eigenvalue weighted by molar-refractivity contribution is 6.74. The van der Waals surface area contributed by atoms with Crippen LogP contribution in [0.3, 0.4) is 0 Å². The number of rotatable bonds is 3. The fourth-order valence-electron chi connectivity index (χ4n) is 1.77. The smallest absolute Gasteiger partial charge is 0.191 e. The van der Waals surface area contributed by atoms with Gasteiger partial charge in [-0.2, -0.15) is 0 Å². The van der Waals surface area contributed by atoms with E-state index in [1.54, 1.807) is 0 Å². The van der Waals surface area contributed by atoms with Crippen LogP contribution in [0.5, 0.6) is 0 Å². The lowest BCUT2D eigenvalue weighted by Gasteiger charge is -2.37. The summed E-state index contributed by atoms with van der Waals surface area (Å²) >= 11 is 0. The van der Waals surface area contributed by atoms with Crippen molar-refractivity contribution in [3.63, 3.8) is 0 Å². The highest BCUT2D eigenvalue weighted by Crippen LogP contribution is 2.37. The zero-order valence-electron chi connectivity index (χ0n) is 11.2. The molecule has 0 amide bonds. The van der Waals surface area contributed by atoms with E-state index in [4.69, 9.17) is 4.43 Å². The third-order valence-corrected chi connectivity index (χ3v) is 8.58. The first-order chi connectivity index (χ1) is 7.13. The molecule has 0 aliphatic heterocycles. The molecule has 0 spiro atoms. The Balaban J connectivity index is 2.41. The maximum atomic E-state index is 9.46. The predicted octanol–water partition coefficient (Wildman–Crippen LogP) is 2.14. The van der Waals surface area contributed by atoms with Crippen molar-refractivity contribution in [2.24, 2.45) is 5.92 Å². The quantitative estimate of drug-likeness (QED) is 0.750. The van der Waals surface area contributed by atoms with Crippen LogP contribution in [0.25, 0.3) is 0 Å². The molecule has 0 radical (unpaired) electrons. The van der Waals surface area contributed by atoms with Crippen molar-refractivity contribution in [2.45, 2.75) is 64.0 Å². The molecule has 1 unspecified atom stereocenters. The second-order valence-corrected chi connectivity index (χ2v) is 11.4. The summed E-state index contributed by atoms with van der Waals surface area (Å²) in [7, 11) is -1.68. The fraction of sp³-hybridized carbons (Fsp3) is 1.00. The van der Waals surface area contributed by atoms with Crippen molar-refractivity contribution in [3.8, 4) is 0 Å². The van der Waals surface area contributed by atoms with E-state index in [1.807, 2.05) is 0 Å². The third kappa shape index (κ3) is 3.29. The standard InChI is InChI=1S/C12H26O3Si/c1-12(2,3)16(4,5)15-8-9-6-10(13)11(14)7-9/h9-11,13-14H,6-8H2,1-5H3/t9?,10-,11+. The Hall–Kier alpha value is 0.0969. The number of aliphatic hydroxyl groups is 2. The average molecular weight is 246 g/mol. The highest BCUT2D eigenvalue weighted by Gasteiger charge is 2.39. The Morgan fingerprint density at radius 1 is 1.12 bits per heavy atom. The molecule has 0 aromatic heterocycles. The van der Waals surface area contributed by atoms with Crippen molar-refractivity contribution in [2.75, 3.05) is 6.61 Å². The van der Waals surface area contributed by atoms with E-state index in [0.717, 1.165) is 0 Å². The van der Waals surface area contributed by atoms with E-state index >= 15 is 0 Å². The molecule has 2 N–H and O–H groups in total. The first-order valence-corrected chi connectivity index (χ1v) is 9.04. The van der Waals surface area contributed by atoms with Crippen molar-refractivity contribution >= 4 is 8.32 Å². The molecule has 96 valence electrons. The van der Waals surface area contributed by atoms with E-state index in [0.29, 0.717) is 25.4 Å². The van der Waals surface area contributed by atoms with Gasteiger partial charge >= 0.3 is 0 Å². The third-order valence-electron chi connectivity index (χ3n) is 4.08. The summed E-state index contributed by atoms with van der Waals surface area (Å²) in [5.74, 6) is 0.319. The van der Waals surface area contributed by atoms with E-state index in [1.165, 1.54) is 0 Å². The van der Waals surface area contributed by atoms with Gasteiger partial charge in [-0.15, -0.1) is 0 Å². The van der Waals surface area contributed by atoms with Gasteiger partial charge in [-0.25, -0.2) is 0 Å². The van der Waals surface area contributed by atoms with Gasteiger partial charge in [0.2, 0.25) is 0 Å². The van der Waals surface area contributed by atoms with Gasteiger partial charge < -0.3 is 14.6 Å². The summed E-state index contributed by atoms with van der Waals surface area (Å²) < 4.78 is 6.09. The average Bonchev–Trinajstić information content (AvgIpc) is 2.41. The predicted molar refractivity (Wildman–Crippen MR) is 67.9 cm³/mol. The molecule has 1 rings (SSSR count). The first-order valence-electron chi connectivity index (χ1n) is 6.13. The maximum Gasteiger partial charge on any atom is 0.191 e. The molecule has 3 nitrogen and oxygen atoms in total. The highest BCUT2D eigenvalue weighted by atomic mass is 28.4. The van der Waals surface area contributed by atoms with Gasteiger partial charge in [0.1, 0.15) is 0 Å². The largest absolute Gasteiger partial charge is 0.417 e. The van der Waals surface area contributed by atoms with Crippen molar-refractivity contribution in [1.29, 1.82) is 0 Å². The molecule has 3 atom stereocenters. The molecule has 0 saturated heterocycles. The van der Waals surface area contributed by atoms with Crippen LogP contribution < -0.4 is 0 Å². The molecule has 16 heavy (non-hydrogen) atoms. The van der Waals surface area contributed by atoms with Gasteiger partial charge in [0.15, 0.2) is 8.32 Å². The summed E-state index contributed by atoms with van der Waals surface area (Å²) in [5, 5.41) is 19.2. The molecular formula is C12H26O3Si. The lowest BCUT2D eigenvalue weighted by molar-refractivity contribution is 0.0438. The maximum absolute atomic E-state index is 9.46. The van der Waals surface area contributed by atoms with Crippen LogP contribution in [-0.2, 0) is 4.43 Å². The molecule has 1 aliphatic rings. The van der Waals surface area contributed by atoms with Gasteiger partial charge in [0, 0.05) is 6.61 Å². The molecular weight excluding hydrogens is 220 g/mol. The van der Waals surface area contributed by atoms with Crippen LogP contribution in [0.2, 0.25) is 18.1 Å². The Morgan fingerprint density at radius 2 is 1.56 bits per heavy atom. The van der Waals surface area contributed by atoms with E-state index in [-0.39, 0.29) is 5.04 Å². The molecule has 0 heterocycles. The van der Waals surface area contributed by atoms with Crippen LogP contribution in [0.15, 0.2) is 0 Å². The number of hydrogen-bond acceptors (Lipinski definition) is 3. The number of hydrogen-bond donors (Lipinski definition) is 2. The molecule has 1 saturated carbocycles. The normalized spacial score (nSPS) is 32.1. The zero-order valence-corrected chi connectivity index (χ0v) is 12.2. The minimum atomic E-state index is -1.68. The van der Waals surface area contributed by atoms with Gasteiger partial charge in [0.25, 0.3) is 0 Å². The van der Waals surface area contributed by atoms with Crippen LogP contribution in [0.4, 0.5) is 0 Å². The molecule has 0 aromatic rings. The molecule has 1 fully saturated rings. The lowest BCUT2D eigenvalue weighted by Crippen LogP contribution is -2.41. The van der Waals surface area contributed by atoms with Gasteiger partial charge in [0.05, 0.1) is 12.2 Å².